The van der Waals surface area contributed by atoms with Crippen LogP contribution >= 0.6 is 0 Å². The minimum Gasteiger partial charge on any atom is -0.457 e. The summed E-state index contributed by atoms with van der Waals surface area (Å²) in [5.74, 6) is 0.350. The third-order valence-corrected chi connectivity index (χ3v) is 4.25. The fourth-order valence-electron chi connectivity index (χ4n) is 3.07. The maximum atomic E-state index is 12.0. The summed E-state index contributed by atoms with van der Waals surface area (Å²) in [6.07, 6.45) is 0.603. The molecule has 1 N–H and O–H groups in total. The Labute approximate surface area is 138 Å². The molecular formula is C20H14O4. The molecular weight excluding hydrogens is 304 g/mol. The Kier molecular flexibility index (Phi) is 3.40. The Morgan fingerprint density at radius 1 is 0.833 bits per heavy atom. The summed E-state index contributed by atoms with van der Waals surface area (Å²) < 4.78 is 5.95. The van der Waals surface area contributed by atoms with Crippen molar-refractivity contribution in [3.8, 4) is 11.5 Å². The number of Topliss-reactive ketones (excluding diaryl/α,β-unsaturated/α-hetero) is 2. The Morgan fingerprint density at radius 3 is 2.25 bits per heavy atom. The van der Waals surface area contributed by atoms with Gasteiger partial charge in [0.15, 0.2) is 0 Å². The fourth-order valence-corrected chi connectivity index (χ4v) is 3.07. The molecule has 24 heavy (non-hydrogen) atoms. The third-order valence-electron chi connectivity index (χ3n) is 4.25. The molecule has 0 amide bonds. The van der Waals surface area contributed by atoms with E-state index in [0.29, 0.717) is 34.4 Å². The Morgan fingerprint density at radius 2 is 1.54 bits per heavy atom. The molecule has 0 radical (unpaired) electrons. The number of aliphatic hydroxyl groups excluding tert-OH is 1. The van der Waals surface area contributed by atoms with Crippen LogP contribution in [0, 0.1) is 0 Å². The number of aliphatic hydroxyl groups is 1. The highest BCUT2D eigenvalue weighted by molar-refractivity contribution is 6.57. The van der Waals surface area contributed by atoms with E-state index in [0.717, 1.165) is 10.9 Å². The van der Waals surface area contributed by atoms with Crippen LogP contribution in [0.15, 0.2) is 54.6 Å². The van der Waals surface area contributed by atoms with Crippen molar-refractivity contribution in [3.63, 3.8) is 0 Å². The van der Waals surface area contributed by atoms with Gasteiger partial charge < -0.3 is 9.84 Å². The minimum absolute atomic E-state index is 0.108. The van der Waals surface area contributed by atoms with Crippen molar-refractivity contribution in [1.29, 1.82) is 0 Å². The lowest BCUT2D eigenvalue weighted by molar-refractivity contribution is 0.0825. The van der Waals surface area contributed by atoms with Gasteiger partial charge in [0, 0.05) is 28.5 Å². The molecule has 4 rings (SSSR count). The second-order valence-electron chi connectivity index (χ2n) is 5.72. The van der Waals surface area contributed by atoms with E-state index in [4.69, 9.17) is 9.84 Å². The molecule has 0 aliphatic heterocycles. The van der Waals surface area contributed by atoms with E-state index in [-0.39, 0.29) is 6.61 Å². The van der Waals surface area contributed by atoms with E-state index in [2.05, 4.69) is 0 Å². The minimum atomic E-state index is -0.457. The highest BCUT2D eigenvalue weighted by atomic mass is 16.5. The van der Waals surface area contributed by atoms with Crippen molar-refractivity contribution in [2.45, 2.75) is 6.42 Å². The summed E-state index contributed by atoms with van der Waals surface area (Å²) in [5, 5.41) is 10.4. The van der Waals surface area contributed by atoms with E-state index in [1.54, 1.807) is 24.3 Å². The Balaban J connectivity index is 1.76. The Bertz CT molecular complexity index is 951. The van der Waals surface area contributed by atoms with Crippen molar-refractivity contribution < 1.29 is 19.4 Å². The van der Waals surface area contributed by atoms with Gasteiger partial charge in [-0.25, -0.2) is 0 Å². The lowest BCUT2D eigenvalue weighted by atomic mass is 10.0. The molecule has 0 atom stereocenters. The normalized spacial score (nSPS) is 12.9. The number of hydrogen-bond donors (Lipinski definition) is 1. The summed E-state index contributed by atoms with van der Waals surface area (Å²) in [4.78, 5) is 24.1. The molecule has 0 heterocycles. The first-order chi connectivity index (χ1) is 11.7. The van der Waals surface area contributed by atoms with E-state index < -0.39 is 11.6 Å². The first-order valence-electron chi connectivity index (χ1n) is 7.71. The Hall–Kier alpha value is -2.98. The van der Waals surface area contributed by atoms with Crippen molar-refractivity contribution in [3.05, 3.63) is 71.3 Å². The van der Waals surface area contributed by atoms with Gasteiger partial charge >= 0.3 is 0 Å². The molecule has 1 aliphatic carbocycles. The van der Waals surface area contributed by atoms with Gasteiger partial charge in [-0.05, 0) is 36.2 Å². The van der Waals surface area contributed by atoms with E-state index in [1.807, 2.05) is 30.3 Å². The lowest BCUT2D eigenvalue weighted by Gasteiger charge is -2.10. The van der Waals surface area contributed by atoms with Crippen molar-refractivity contribution in [2.24, 2.45) is 0 Å². The number of hydrogen-bond acceptors (Lipinski definition) is 4. The number of rotatable bonds is 4. The summed E-state index contributed by atoms with van der Waals surface area (Å²) >= 11 is 0. The molecule has 4 heteroatoms. The number of benzene rings is 3. The second-order valence-corrected chi connectivity index (χ2v) is 5.72. The standard InChI is InChI=1S/C20H14O4/c21-11-10-12-4-6-13(7-5-12)24-17-9-8-16-18-14(17)2-1-3-15(18)19(22)20(16)23/h1-9,21H,10-11H2. The molecule has 118 valence electrons. The fraction of sp³-hybridized carbons (Fsp3) is 0.100. The van der Waals surface area contributed by atoms with Crippen LogP contribution in [0.3, 0.4) is 0 Å². The average Bonchev–Trinajstić information content (AvgIpc) is 2.86. The SMILES string of the molecule is O=C1C(=O)c2ccc(Oc3ccc(CCO)cc3)c3cccc1c23. The van der Waals surface area contributed by atoms with Crippen LogP contribution in [0.5, 0.6) is 11.5 Å². The van der Waals surface area contributed by atoms with Crippen LogP contribution in [-0.2, 0) is 6.42 Å². The number of ketones is 2. The van der Waals surface area contributed by atoms with Gasteiger partial charge in [-0.15, -0.1) is 0 Å². The quantitative estimate of drug-likeness (QED) is 0.747. The number of carbonyl (C=O) groups is 2. The molecule has 0 spiro atoms. The first-order valence-corrected chi connectivity index (χ1v) is 7.71. The number of ether oxygens (including phenoxy) is 1. The highest BCUT2D eigenvalue weighted by Gasteiger charge is 2.31. The van der Waals surface area contributed by atoms with Crippen molar-refractivity contribution in [1.82, 2.24) is 0 Å². The zero-order valence-electron chi connectivity index (χ0n) is 12.8. The predicted molar refractivity (Wildman–Crippen MR) is 89.9 cm³/mol. The van der Waals surface area contributed by atoms with Gasteiger partial charge in [0.2, 0.25) is 11.6 Å². The molecule has 0 aromatic heterocycles. The molecule has 0 saturated heterocycles. The second kappa shape index (κ2) is 5.58. The van der Waals surface area contributed by atoms with Gasteiger partial charge in [-0.2, -0.15) is 0 Å². The molecule has 0 unspecified atom stereocenters. The van der Waals surface area contributed by atoms with Crippen LogP contribution in [-0.4, -0.2) is 23.3 Å². The highest BCUT2D eigenvalue weighted by Crippen LogP contribution is 2.37. The van der Waals surface area contributed by atoms with Gasteiger partial charge in [0.25, 0.3) is 0 Å². The summed E-state index contributed by atoms with van der Waals surface area (Å²) in [6.45, 7) is 0.108. The zero-order valence-corrected chi connectivity index (χ0v) is 12.8. The molecule has 1 aliphatic rings. The molecule has 4 nitrogen and oxygen atoms in total. The number of carbonyl (C=O) groups excluding carboxylic acids is 2. The molecule has 0 saturated carbocycles. The van der Waals surface area contributed by atoms with E-state index in [9.17, 15) is 9.59 Å². The molecule has 3 aromatic rings. The largest absolute Gasteiger partial charge is 0.457 e. The maximum absolute atomic E-state index is 12.0. The van der Waals surface area contributed by atoms with E-state index >= 15 is 0 Å². The van der Waals surface area contributed by atoms with Gasteiger partial charge in [-0.3, -0.25) is 9.59 Å². The van der Waals surface area contributed by atoms with Gasteiger partial charge in [-0.1, -0.05) is 30.3 Å². The smallest absolute Gasteiger partial charge is 0.234 e. The van der Waals surface area contributed by atoms with Crippen molar-refractivity contribution in [2.75, 3.05) is 6.61 Å². The van der Waals surface area contributed by atoms with Crippen molar-refractivity contribution >= 4 is 22.3 Å². The third kappa shape index (κ3) is 2.20. The maximum Gasteiger partial charge on any atom is 0.234 e. The molecule has 3 aromatic carbocycles. The summed E-state index contributed by atoms with van der Waals surface area (Å²) in [6, 6.07) is 16.1. The van der Waals surface area contributed by atoms with Gasteiger partial charge in [0.1, 0.15) is 11.5 Å². The van der Waals surface area contributed by atoms with E-state index in [1.165, 1.54) is 0 Å². The van der Waals surface area contributed by atoms with Crippen LogP contribution in [0.25, 0.3) is 10.8 Å². The first kappa shape index (κ1) is 14.6. The van der Waals surface area contributed by atoms with Crippen LogP contribution in [0.1, 0.15) is 26.3 Å². The monoisotopic (exact) mass is 318 g/mol. The molecule has 0 bridgehead atoms. The van der Waals surface area contributed by atoms with Gasteiger partial charge in [0.05, 0.1) is 0 Å². The van der Waals surface area contributed by atoms with Crippen LogP contribution in [0.2, 0.25) is 0 Å². The zero-order chi connectivity index (χ0) is 16.7. The van der Waals surface area contributed by atoms with Crippen LogP contribution < -0.4 is 4.74 Å². The lowest BCUT2D eigenvalue weighted by Crippen LogP contribution is -2.05. The summed E-state index contributed by atoms with van der Waals surface area (Å²) in [7, 11) is 0. The summed E-state index contributed by atoms with van der Waals surface area (Å²) in [5.41, 5.74) is 1.91. The van der Waals surface area contributed by atoms with Crippen LogP contribution in [0.4, 0.5) is 0 Å². The topological polar surface area (TPSA) is 63.6 Å². The molecule has 0 fully saturated rings. The predicted octanol–water partition coefficient (Wildman–Crippen LogP) is 3.55. The average molecular weight is 318 g/mol.